The molecule has 0 amide bonds. The molecule has 0 unspecified atom stereocenters. The normalized spacial score (nSPS) is 11.9. The summed E-state index contributed by atoms with van der Waals surface area (Å²) in [6, 6.07) is 6.62. The SMILES string of the molecule is CC(C)n1c(COc2ccc(Cl)cc2)nnc1S(=O)(=O)Cl. The van der Waals surface area contributed by atoms with Gasteiger partial charge in [-0.1, -0.05) is 11.6 Å². The number of hydrogen-bond donors (Lipinski definition) is 0. The summed E-state index contributed by atoms with van der Waals surface area (Å²) in [5, 5.41) is 7.78. The monoisotopic (exact) mass is 349 g/mol. The van der Waals surface area contributed by atoms with Crippen LogP contribution in [-0.2, 0) is 15.7 Å². The van der Waals surface area contributed by atoms with Gasteiger partial charge in [0.1, 0.15) is 12.4 Å². The minimum absolute atomic E-state index is 0.0687. The van der Waals surface area contributed by atoms with Crippen LogP contribution in [0.25, 0.3) is 0 Å². The van der Waals surface area contributed by atoms with Crippen LogP contribution < -0.4 is 4.74 Å². The first-order valence-corrected chi connectivity index (χ1v) is 8.74. The number of halogens is 2. The number of ether oxygens (including phenoxy) is 1. The Kier molecular flexibility index (Phi) is 4.75. The smallest absolute Gasteiger partial charge is 0.296 e. The number of rotatable bonds is 5. The third-order valence-electron chi connectivity index (χ3n) is 2.65. The van der Waals surface area contributed by atoms with Crippen LogP contribution in [-0.4, -0.2) is 23.2 Å². The van der Waals surface area contributed by atoms with E-state index >= 15 is 0 Å². The lowest BCUT2D eigenvalue weighted by atomic mass is 10.3. The molecular formula is C12H13Cl2N3O3S. The third-order valence-corrected chi connectivity index (χ3v) is 4.03. The number of aromatic nitrogens is 3. The second-order valence-corrected chi connectivity index (χ2v) is 7.44. The van der Waals surface area contributed by atoms with E-state index in [1.165, 1.54) is 4.57 Å². The molecule has 2 rings (SSSR count). The number of nitrogens with zero attached hydrogens (tertiary/aromatic N) is 3. The second-order valence-electron chi connectivity index (χ2n) is 4.54. The van der Waals surface area contributed by atoms with Crippen LogP contribution in [0, 0.1) is 0 Å². The molecule has 114 valence electrons. The Bertz CT molecular complexity index is 727. The van der Waals surface area contributed by atoms with E-state index in [0.29, 0.717) is 16.6 Å². The molecule has 0 aliphatic carbocycles. The maximum absolute atomic E-state index is 11.5. The van der Waals surface area contributed by atoms with Gasteiger partial charge in [0, 0.05) is 21.7 Å². The first-order chi connectivity index (χ1) is 9.79. The topological polar surface area (TPSA) is 74.1 Å². The molecule has 0 aliphatic rings. The van der Waals surface area contributed by atoms with Gasteiger partial charge in [0.25, 0.3) is 14.2 Å². The number of hydrogen-bond acceptors (Lipinski definition) is 5. The summed E-state index contributed by atoms with van der Waals surface area (Å²) < 4.78 is 29.9. The summed E-state index contributed by atoms with van der Waals surface area (Å²) in [7, 11) is 1.39. The lowest BCUT2D eigenvalue weighted by molar-refractivity contribution is 0.284. The van der Waals surface area contributed by atoms with Gasteiger partial charge in [0.15, 0.2) is 5.82 Å². The predicted molar refractivity (Wildman–Crippen MR) is 79.2 cm³/mol. The fourth-order valence-electron chi connectivity index (χ4n) is 1.77. The van der Waals surface area contributed by atoms with Crippen LogP contribution in [0.2, 0.25) is 5.02 Å². The average Bonchev–Trinajstić information content (AvgIpc) is 2.82. The fourth-order valence-corrected chi connectivity index (χ4v) is 2.90. The Labute approximate surface area is 132 Å². The quantitative estimate of drug-likeness (QED) is 0.775. The molecule has 0 aliphatic heterocycles. The van der Waals surface area contributed by atoms with Crippen molar-refractivity contribution in [3.63, 3.8) is 0 Å². The molecule has 1 aromatic carbocycles. The minimum Gasteiger partial charge on any atom is -0.486 e. The molecular weight excluding hydrogens is 337 g/mol. The van der Waals surface area contributed by atoms with E-state index in [4.69, 9.17) is 27.0 Å². The number of benzene rings is 1. The van der Waals surface area contributed by atoms with Gasteiger partial charge in [-0.2, -0.15) is 0 Å². The Morgan fingerprint density at radius 1 is 1.24 bits per heavy atom. The zero-order valence-electron chi connectivity index (χ0n) is 11.3. The Balaban J connectivity index is 2.24. The summed E-state index contributed by atoms with van der Waals surface area (Å²) >= 11 is 5.79. The van der Waals surface area contributed by atoms with Crippen LogP contribution in [0.15, 0.2) is 29.4 Å². The van der Waals surface area contributed by atoms with E-state index in [9.17, 15) is 8.42 Å². The molecule has 0 bridgehead atoms. The van der Waals surface area contributed by atoms with Crippen molar-refractivity contribution < 1.29 is 13.2 Å². The summed E-state index contributed by atoms with van der Waals surface area (Å²) in [5.41, 5.74) is 0. The minimum atomic E-state index is -3.96. The molecule has 6 nitrogen and oxygen atoms in total. The van der Waals surface area contributed by atoms with Gasteiger partial charge in [0.05, 0.1) is 0 Å². The maximum Gasteiger partial charge on any atom is 0.296 e. The van der Waals surface area contributed by atoms with Gasteiger partial charge in [-0.15, -0.1) is 10.2 Å². The molecule has 9 heteroatoms. The highest BCUT2D eigenvalue weighted by Crippen LogP contribution is 2.21. The summed E-state index contributed by atoms with van der Waals surface area (Å²) in [4.78, 5) is 0. The highest BCUT2D eigenvalue weighted by molar-refractivity contribution is 8.13. The van der Waals surface area contributed by atoms with E-state index < -0.39 is 9.05 Å². The van der Waals surface area contributed by atoms with E-state index in [-0.39, 0.29) is 17.8 Å². The van der Waals surface area contributed by atoms with Gasteiger partial charge in [-0.25, -0.2) is 8.42 Å². The van der Waals surface area contributed by atoms with Gasteiger partial charge >= 0.3 is 0 Å². The van der Waals surface area contributed by atoms with E-state index in [0.717, 1.165) is 0 Å². The molecule has 1 heterocycles. The van der Waals surface area contributed by atoms with Crippen LogP contribution in [0.5, 0.6) is 5.75 Å². The Morgan fingerprint density at radius 3 is 2.38 bits per heavy atom. The first kappa shape index (κ1) is 16.1. The van der Waals surface area contributed by atoms with E-state index in [1.54, 1.807) is 38.1 Å². The zero-order valence-corrected chi connectivity index (χ0v) is 13.7. The summed E-state index contributed by atoms with van der Waals surface area (Å²) in [5.74, 6) is 0.965. The van der Waals surface area contributed by atoms with Crippen molar-refractivity contribution in [1.29, 1.82) is 0 Å². The van der Waals surface area contributed by atoms with Crippen LogP contribution in [0.4, 0.5) is 0 Å². The third kappa shape index (κ3) is 3.87. The van der Waals surface area contributed by atoms with Crippen LogP contribution in [0.1, 0.15) is 25.7 Å². The van der Waals surface area contributed by atoms with Crippen molar-refractivity contribution in [2.24, 2.45) is 0 Å². The van der Waals surface area contributed by atoms with Crippen molar-refractivity contribution >= 4 is 31.3 Å². The molecule has 0 fully saturated rings. The Hall–Kier alpha value is -1.31. The lowest BCUT2D eigenvalue weighted by Crippen LogP contribution is -2.13. The van der Waals surface area contributed by atoms with Crippen molar-refractivity contribution in [2.75, 3.05) is 0 Å². The molecule has 0 spiro atoms. The fraction of sp³-hybridized carbons (Fsp3) is 0.333. The molecule has 0 atom stereocenters. The highest BCUT2D eigenvalue weighted by atomic mass is 35.7. The molecule has 0 saturated carbocycles. The van der Waals surface area contributed by atoms with E-state index in [1.807, 2.05) is 0 Å². The first-order valence-electron chi connectivity index (χ1n) is 6.06. The zero-order chi connectivity index (χ0) is 15.6. The standard InChI is InChI=1S/C12H13Cl2N3O3S/c1-8(2)17-11(15-16-12(17)21(14,18)19)7-20-10-5-3-9(13)4-6-10/h3-6,8H,7H2,1-2H3. The summed E-state index contributed by atoms with van der Waals surface area (Å²) in [6.07, 6.45) is 0. The van der Waals surface area contributed by atoms with Crippen molar-refractivity contribution in [2.45, 2.75) is 31.7 Å². The maximum atomic E-state index is 11.5. The second kappa shape index (κ2) is 6.21. The molecule has 0 radical (unpaired) electrons. The molecule has 1 aromatic heterocycles. The van der Waals surface area contributed by atoms with Gasteiger partial charge < -0.3 is 4.74 Å². The predicted octanol–water partition coefficient (Wildman–Crippen LogP) is 3.02. The molecule has 2 aromatic rings. The molecule has 21 heavy (non-hydrogen) atoms. The Morgan fingerprint density at radius 2 is 1.86 bits per heavy atom. The van der Waals surface area contributed by atoms with Crippen molar-refractivity contribution in [3.05, 3.63) is 35.1 Å². The molecule has 0 N–H and O–H groups in total. The van der Waals surface area contributed by atoms with Crippen LogP contribution >= 0.6 is 22.3 Å². The van der Waals surface area contributed by atoms with Crippen molar-refractivity contribution in [1.82, 2.24) is 14.8 Å². The average molecular weight is 350 g/mol. The van der Waals surface area contributed by atoms with Gasteiger partial charge in [-0.05, 0) is 38.1 Å². The van der Waals surface area contributed by atoms with Crippen molar-refractivity contribution in [3.8, 4) is 5.75 Å². The van der Waals surface area contributed by atoms with E-state index in [2.05, 4.69) is 10.2 Å². The lowest BCUT2D eigenvalue weighted by Gasteiger charge is -2.13. The van der Waals surface area contributed by atoms with Gasteiger partial charge in [-0.3, -0.25) is 4.57 Å². The largest absolute Gasteiger partial charge is 0.486 e. The summed E-state index contributed by atoms with van der Waals surface area (Å²) in [6.45, 7) is 3.68. The van der Waals surface area contributed by atoms with Gasteiger partial charge in [0.2, 0.25) is 0 Å². The molecule has 0 saturated heterocycles. The highest BCUT2D eigenvalue weighted by Gasteiger charge is 2.24. The van der Waals surface area contributed by atoms with Crippen LogP contribution in [0.3, 0.4) is 0 Å².